The number of fused-ring (bicyclic) bond motifs is 2. The highest BCUT2D eigenvalue weighted by atomic mass is 35.5. The third-order valence-corrected chi connectivity index (χ3v) is 3.68. The second kappa shape index (κ2) is 5.55. The van der Waals surface area contributed by atoms with Crippen LogP contribution in [-0.2, 0) is 0 Å². The van der Waals surface area contributed by atoms with Crippen LogP contribution in [0.2, 0.25) is 0 Å². The summed E-state index contributed by atoms with van der Waals surface area (Å²) in [5.74, 6) is 0. The number of pyridine rings is 1. The number of aromatic nitrogens is 1. The lowest BCUT2D eigenvalue weighted by Crippen LogP contribution is -3.00. The number of hydrogen-bond acceptors (Lipinski definition) is 0. The van der Waals surface area contributed by atoms with E-state index in [1.807, 2.05) is 0 Å². The van der Waals surface area contributed by atoms with E-state index in [4.69, 9.17) is 0 Å². The van der Waals surface area contributed by atoms with Gasteiger partial charge in [-0.3, -0.25) is 0 Å². The largest absolute Gasteiger partial charge is 1.00 e. The highest BCUT2D eigenvalue weighted by Crippen LogP contribution is 2.19. The first-order valence-corrected chi connectivity index (χ1v) is 6.81. The smallest absolute Gasteiger partial charge is 0.219 e. The Bertz CT molecular complexity index is 847. The summed E-state index contributed by atoms with van der Waals surface area (Å²) in [4.78, 5) is 0. The molecule has 0 saturated carbocycles. The normalized spacial score (nSPS) is 10.5. The van der Waals surface area contributed by atoms with Crippen molar-refractivity contribution in [1.29, 1.82) is 0 Å². The van der Waals surface area contributed by atoms with E-state index >= 15 is 0 Å². The number of hydrogen-bond donors (Lipinski definition) is 0. The maximum atomic E-state index is 2.32. The Kier molecular flexibility index (Phi) is 3.59. The van der Waals surface area contributed by atoms with Gasteiger partial charge < -0.3 is 12.4 Å². The van der Waals surface area contributed by atoms with Crippen molar-refractivity contribution < 1.29 is 17.0 Å². The SMILES string of the molecule is [Cl-].c1ccc(-[n+]2c3ccccc3cc3ccccc32)cc1. The molecule has 3 aromatic carbocycles. The van der Waals surface area contributed by atoms with Gasteiger partial charge in [0.05, 0.1) is 0 Å². The van der Waals surface area contributed by atoms with E-state index in [0.717, 1.165) is 0 Å². The molecule has 0 bridgehead atoms. The van der Waals surface area contributed by atoms with Gasteiger partial charge in [0.25, 0.3) is 0 Å². The number of nitrogens with zero attached hydrogens (tertiary/aromatic N) is 1. The molecule has 1 nitrogen and oxygen atoms in total. The minimum absolute atomic E-state index is 0. The van der Waals surface area contributed by atoms with Crippen molar-refractivity contribution >= 4 is 21.8 Å². The Morgan fingerprint density at radius 2 is 1.00 bits per heavy atom. The predicted molar refractivity (Wildman–Crippen MR) is 83.0 cm³/mol. The molecule has 0 atom stereocenters. The van der Waals surface area contributed by atoms with Gasteiger partial charge in [-0.25, -0.2) is 0 Å². The van der Waals surface area contributed by atoms with Crippen LogP contribution < -0.4 is 17.0 Å². The molecule has 1 aromatic heterocycles. The minimum Gasteiger partial charge on any atom is -1.00 e. The van der Waals surface area contributed by atoms with Crippen LogP contribution in [0.1, 0.15) is 0 Å². The fourth-order valence-electron chi connectivity index (χ4n) is 2.78. The quantitative estimate of drug-likeness (QED) is 0.367. The van der Waals surface area contributed by atoms with E-state index in [2.05, 4.69) is 89.5 Å². The van der Waals surface area contributed by atoms with Crippen LogP contribution in [0.15, 0.2) is 84.9 Å². The fourth-order valence-corrected chi connectivity index (χ4v) is 2.78. The molecule has 0 spiro atoms. The van der Waals surface area contributed by atoms with Gasteiger partial charge in [-0.1, -0.05) is 42.5 Å². The second-order valence-corrected chi connectivity index (χ2v) is 4.93. The van der Waals surface area contributed by atoms with E-state index in [1.54, 1.807) is 0 Å². The van der Waals surface area contributed by atoms with Gasteiger partial charge in [-0.15, -0.1) is 0 Å². The summed E-state index contributed by atoms with van der Waals surface area (Å²) in [6, 6.07) is 29.8. The van der Waals surface area contributed by atoms with E-state index in [1.165, 1.54) is 27.5 Å². The maximum Gasteiger partial charge on any atom is 0.219 e. The highest BCUT2D eigenvalue weighted by molar-refractivity contribution is 5.89. The van der Waals surface area contributed by atoms with Crippen molar-refractivity contribution in [3.05, 3.63) is 84.9 Å². The molecule has 4 aromatic rings. The van der Waals surface area contributed by atoms with Crippen molar-refractivity contribution in [3.63, 3.8) is 0 Å². The number of halogens is 1. The molecule has 1 heterocycles. The molecule has 0 aliphatic rings. The molecule has 0 aliphatic carbocycles. The van der Waals surface area contributed by atoms with E-state index in [-0.39, 0.29) is 12.4 Å². The number of benzene rings is 3. The first-order valence-electron chi connectivity index (χ1n) is 6.81. The van der Waals surface area contributed by atoms with Crippen molar-refractivity contribution in [2.24, 2.45) is 0 Å². The van der Waals surface area contributed by atoms with Crippen LogP contribution in [0.25, 0.3) is 27.5 Å². The van der Waals surface area contributed by atoms with Crippen LogP contribution in [0.3, 0.4) is 0 Å². The molecule has 0 radical (unpaired) electrons. The van der Waals surface area contributed by atoms with Gasteiger partial charge in [-0.2, -0.15) is 4.57 Å². The lowest BCUT2D eigenvalue weighted by molar-refractivity contribution is -0.538. The van der Waals surface area contributed by atoms with Gasteiger partial charge in [0.1, 0.15) is 0 Å². The molecule has 0 saturated heterocycles. The molecule has 0 amide bonds. The van der Waals surface area contributed by atoms with Crippen LogP contribution in [0.4, 0.5) is 0 Å². The van der Waals surface area contributed by atoms with E-state index < -0.39 is 0 Å². The molecule has 2 heteroatoms. The second-order valence-electron chi connectivity index (χ2n) is 4.93. The van der Waals surface area contributed by atoms with E-state index in [9.17, 15) is 0 Å². The van der Waals surface area contributed by atoms with Crippen molar-refractivity contribution in [1.82, 2.24) is 0 Å². The zero-order chi connectivity index (χ0) is 13.4. The molecule has 0 fully saturated rings. The van der Waals surface area contributed by atoms with Gasteiger partial charge in [0, 0.05) is 35.0 Å². The predicted octanol–water partition coefficient (Wildman–Crippen LogP) is 1.27. The first-order chi connectivity index (χ1) is 9.93. The van der Waals surface area contributed by atoms with Gasteiger partial charge in [0.2, 0.25) is 16.7 Å². The molecule has 0 unspecified atom stereocenters. The Balaban J connectivity index is 0.00000132. The summed E-state index contributed by atoms with van der Waals surface area (Å²) in [6.45, 7) is 0. The molecule has 0 aliphatic heterocycles. The Labute approximate surface area is 129 Å². The summed E-state index contributed by atoms with van der Waals surface area (Å²) in [6.07, 6.45) is 0. The number of rotatable bonds is 1. The Morgan fingerprint density at radius 1 is 0.524 bits per heavy atom. The summed E-state index contributed by atoms with van der Waals surface area (Å²) >= 11 is 0. The summed E-state index contributed by atoms with van der Waals surface area (Å²) in [7, 11) is 0. The average Bonchev–Trinajstić information content (AvgIpc) is 2.53. The highest BCUT2D eigenvalue weighted by Gasteiger charge is 2.16. The van der Waals surface area contributed by atoms with Gasteiger partial charge in [0.15, 0.2) is 0 Å². The third kappa shape index (κ3) is 2.26. The zero-order valence-corrected chi connectivity index (χ0v) is 12.2. The topological polar surface area (TPSA) is 3.88 Å². The molecule has 4 rings (SSSR count). The van der Waals surface area contributed by atoms with Crippen LogP contribution in [0, 0.1) is 0 Å². The third-order valence-electron chi connectivity index (χ3n) is 3.68. The zero-order valence-electron chi connectivity index (χ0n) is 11.4. The minimum atomic E-state index is 0. The molecule has 102 valence electrons. The van der Waals surface area contributed by atoms with Crippen molar-refractivity contribution in [2.75, 3.05) is 0 Å². The van der Waals surface area contributed by atoms with Crippen molar-refractivity contribution in [2.45, 2.75) is 0 Å². The molecule has 21 heavy (non-hydrogen) atoms. The van der Waals surface area contributed by atoms with E-state index in [0.29, 0.717) is 0 Å². The number of para-hydroxylation sites is 3. The Hall–Kier alpha value is -2.38. The Morgan fingerprint density at radius 3 is 1.57 bits per heavy atom. The average molecular weight is 292 g/mol. The summed E-state index contributed by atoms with van der Waals surface area (Å²) in [5.41, 5.74) is 3.66. The van der Waals surface area contributed by atoms with Crippen molar-refractivity contribution in [3.8, 4) is 5.69 Å². The van der Waals surface area contributed by atoms with Crippen LogP contribution in [-0.4, -0.2) is 0 Å². The lowest BCUT2D eigenvalue weighted by Gasteiger charge is -2.05. The van der Waals surface area contributed by atoms with Crippen LogP contribution >= 0.6 is 0 Å². The van der Waals surface area contributed by atoms with Crippen LogP contribution in [0.5, 0.6) is 0 Å². The van der Waals surface area contributed by atoms with Gasteiger partial charge in [-0.05, 0) is 18.2 Å². The lowest BCUT2D eigenvalue weighted by atomic mass is 10.1. The molecular weight excluding hydrogens is 278 g/mol. The maximum absolute atomic E-state index is 2.32. The fraction of sp³-hybridized carbons (Fsp3) is 0. The summed E-state index contributed by atoms with van der Waals surface area (Å²) < 4.78 is 2.32. The summed E-state index contributed by atoms with van der Waals surface area (Å²) in [5, 5.41) is 2.52. The van der Waals surface area contributed by atoms with Gasteiger partial charge >= 0.3 is 0 Å². The molecular formula is C19H14ClN. The standard InChI is InChI=1S/C19H14N.ClH/c1-2-10-17(11-3-1)20-18-12-6-4-8-15(18)14-16-9-5-7-13-19(16)20;/h1-14H;1H/q+1;/p-1. The monoisotopic (exact) mass is 291 g/mol. The molecule has 0 N–H and O–H groups in total. The first kappa shape index (κ1) is 13.6.